The van der Waals surface area contributed by atoms with Crippen LogP contribution in [-0.2, 0) is 4.79 Å². The largest absolute Gasteiger partial charge is 0.505 e. The Kier molecular flexibility index (Phi) is 4.65. The number of fused-ring (bicyclic) bond motifs is 7. The van der Waals surface area contributed by atoms with Crippen LogP contribution in [0.3, 0.4) is 0 Å². The van der Waals surface area contributed by atoms with Crippen molar-refractivity contribution in [2.75, 3.05) is 0 Å². The molecule has 0 unspecified atom stereocenters. The van der Waals surface area contributed by atoms with E-state index in [0.717, 1.165) is 18.3 Å². The third kappa shape index (κ3) is 2.51. The minimum absolute atomic E-state index is 0.0274. The zero-order valence-corrected chi connectivity index (χ0v) is 21.7. The van der Waals surface area contributed by atoms with Crippen molar-refractivity contribution in [3.63, 3.8) is 0 Å². The number of rotatable bonds is 1. The molecule has 1 N–H and O–H groups in total. The Hall–Kier alpha value is -1.05. The summed E-state index contributed by atoms with van der Waals surface area (Å²) in [4.78, 5) is 12.9. The van der Waals surface area contributed by atoms with Gasteiger partial charge in [-0.3, -0.25) is 4.79 Å². The third-order valence-corrected chi connectivity index (χ3v) is 12.8. The van der Waals surface area contributed by atoms with Gasteiger partial charge in [0.25, 0.3) is 0 Å². The molecule has 0 heterocycles. The van der Waals surface area contributed by atoms with E-state index in [2.05, 4.69) is 55.0 Å². The summed E-state index contributed by atoms with van der Waals surface area (Å²) in [5.41, 5.74) is 1.88. The molecule has 5 aliphatic carbocycles. The summed E-state index contributed by atoms with van der Waals surface area (Å²) >= 11 is 0. The van der Waals surface area contributed by atoms with Crippen LogP contribution in [-0.4, -0.2) is 10.9 Å². The Morgan fingerprint density at radius 2 is 1.59 bits per heavy atom. The molecule has 2 nitrogen and oxygen atoms in total. The Labute approximate surface area is 196 Å². The van der Waals surface area contributed by atoms with Gasteiger partial charge in [0.15, 0.2) is 5.76 Å². The fraction of sp³-hybridized carbons (Fsp3) is 0.833. The lowest BCUT2D eigenvalue weighted by Crippen LogP contribution is -2.65. The molecule has 2 heteroatoms. The van der Waals surface area contributed by atoms with Crippen LogP contribution in [0.5, 0.6) is 0 Å². The SMILES string of the molecule is C=C(C)[C@@H]1CC[C@]2(C)CC[C@]3(C)[C@H](CC[C@@H]4[C@@]5(C)C=C(O)C(=O)C(C)(C)[C@@H]5CC[C@]43C)[C@@H]12. The molecule has 0 spiro atoms. The monoisotopic (exact) mass is 438 g/mol. The van der Waals surface area contributed by atoms with E-state index in [1.807, 2.05) is 6.08 Å². The van der Waals surface area contributed by atoms with Gasteiger partial charge in [-0.1, -0.05) is 53.7 Å². The minimum Gasteiger partial charge on any atom is -0.505 e. The molecule has 9 atom stereocenters. The lowest BCUT2D eigenvalue weighted by molar-refractivity contribution is -0.217. The van der Waals surface area contributed by atoms with Crippen LogP contribution in [0.2, 0.25) is 0 Å². The van der Waals surface area contributed by atoms with Gasteiger partial charge in [0, 0.05) is 5.41 Å². The van der Waals surface area contributed by atoms with Gasteiger partial charge in [0.2, 0.25) is 5.78 Å². The number of aliphatic hydroxyl groups is 1. The van der Waals surface area contributed by atoms with Crippen molar-refractivity contribution >= 4 is 5.78 Å². The van der Waals surface area contributed by atoms with E-state index < -0.39 is 5.41 Å². The van der Waals surface area contributed by atoms with E-state index in [9.17, 15) is 9.90 Å². The lowest BCUT2D eigenvalue weighted by Gasteiger charge is -2.71. The molecule has 5 rings (SSSR count). The molecule has 0 radical (unpaired) electrons. The van der Waals surface area contributed by atoms with E-state index >= 15 is 0 Å². The maximum absolute atomic E-state index is 12.9. The average Bonchev–Trinajstić information content (AvgIpc) is 3.05. The molecule has 178 valence electrons. The standard InChI is InChI=1S/C30H46O2/c1-18(2)19-11-13-27(5)15-16-29(7)20(24(19)27)9-10-23-28(6)17-21(31)25(32)26(3,4)22(28)12-14-30(23,29)8/h17,19-20,22-24,31H,1,9-16H2,2-8H3/t19-,20+,22-,23+,24+,27+,28-,29+,30+/m0/s1. The van der Waals surface area contributed by atoms with E-state index in [-0.39, 0.29) is 22.4 Å². The number of ketones is 1. The number of hydrogen-bond donors (Lipinski definition) is 1. The molecule has 0 aromatic heterocycles. The quantitative estimate of drug-likeness (QED) is 0.422. The molecular formula is C30H46O2. The average molecular weight is 439 g/mol. The summed E-state index contributed by atoms with van der Waals surface area (Å²) < 4.78 is 0. The Bertz CT molecular complexity index is 897. The van der Waals surface area contributed by atoms with Crippen molar-refractivity contribution in [1.82, 2.24) is 0 Å². The molecule has 32 heavy (non-hydrogen) atoms. The van der Waals surface area contributed by atoms with Crippen LogP contribution in [0.25, 0.3) is 0 Å². The minimum atomic E-state index is -0.478. The van der Waals surface area contributed by atoms with Crippen LogP contribution in [0.1, 0.15) is 99.8 Å². The zero-order valence-electron chi connectivity index (χ0n) is 21.7. The number of hydrogen-bond acceptors (Lipinski definition) is 2. The summed E-state index contributed by atoms with van der Waals surface area (Å²) in [6.07, 6.45) is 12.2. The van der Waals surface area contributed by atoms with Crippen molar-refractivity contribution in [3.8, 4) is 0 Å². The summed E-state index contributed by atoms with van der Waals surface area (Å²) in [5, 5.41) is 10.7. The molecule has 4 saturated carbocycles. The maximum atomic E-state index is 12.9. The second-order valence-electron chi connectivity index (χ2n) is 14.3. The number of Topliss-reactive ketones (excluding diaryl/α,β-unsaturated/α-hetero) is 1. The van der Waals surface area contributed by atoms with Crippen molar-refractivity contribution < 1.29 is 9.90 Å². The van der Waals surface area contributed by atoms with E-state index in [1.165, 1.54) is 50.5 Å². The van der Waals surface area contributed by atoms with E-state index in [1.54, 1.807) is 0 Å². The third-order valence-electron chi connectivity index (χ3n) is 12.8. The molecule has 5 aliphatic rings. The predicted molar refractivity (Wildman–Crippen MR) is 131 cm³/mol. The first-order chi connectivity index (χ1) is 14.7. The number of carbonyl (C=O) groups excluding carboxylic acids is 1. The van der Waals surface area contributed by atoms with Gasteiger partial charge in [0.05, 0.1) is 0 Å². The normalized spacial score (nSPS) is 54.0. The number of aliphatic hydroxyl groups excluding tert-OH is 1. The van der Waals surface area contributed by atoms with Crippen LogP contribution in [0, 0.1) is 56.7 Å². The molecule has 0 aromatic rings. The summed E-state index contributed by atoms with van der Waals surface area (Å²) in [5.74, 6) is 3.05. The first-order valence-electron chi connectivity index (χ1n) is 13.3. The van der Waals surface area contributed by atoms with Crippen molar-refractivity contribution in [1.29, 1.82) is 0 Å². The highest BCUT2D eigenvalue weighted by molar-refractivity contribution is 5.98. The maximum Gasteiger partial charge on any atom is 0.202 e. The van der Waals surface area contributed by atoms with Crippen molar-refractivity contribution in [2.24, 2.45) is 56.7 Å². The van der Waals surface area contributed by atoms with Crippen LogP contribution in [0.4, 0.5) is 0 Å². The smallest absolute Gasteiger partial charge is 0.202 e. The van der Waals surface area contributed by atoms with Gasteiger partial charge in [0.1, 0.15) is 0 Å². The van der Waals surface area contributed by atoms with Gasteiger partial charge in [-0.2, -0.15) is 0 Å². The Balaban J connectivity index is 1.59. The number of carbonyl (C=O) groups is 1. The zero-order chi connectivity index (χ0) is 23.5. The van der Waals surface area contributed by atoms with Gasteiger partial charge in [-0.25, -0.2) is 0 Å². The number of allylic oxidation sites excluding steroid dienone is 3. The second-order valence-corrected chi connectivity index (χ2v) is 14.3. The van der Waals surface area contributed by atoms with Gasteiger partial charge in [-0.15, -0.1) is 0 Å². The highest BCUT2D eigenvalue weighted by Gasteiger charge is 2.70. The van der Waals surface area contributed by atoms with Gasteiger partial charge in [-0.05, 0) is 116 Å². The predicted octanol–water partition coefficient (Wildman–Crippen LogP) is 7.89. The lowest BCUT2D eigenvalue weighted by atomic mass is 9.33. The Morgan fingerprint density at radius 3 is 2.25 bits per heavy atom. The van der Waals surface area contributed by atoms with E-state index in [4.69, 9.17) is 0 Å². The highest BCUT2D eigenvalue weighted by atomic mass is 16.3. The van der Waals surface area contributed by atoms with Gasteiger partial charge < -0.3 is 5.11 Å². The molecule has 0 amide bonds. The molecule has 0 saturated heterocycles. The fourth-order valence-corrected chi connectivity index (χ4v) is 11.0. The van der Waals surface area contributed by atoms with Crippen LogP contribution in [0.15, 0.2) is 24.0 Å². The van der Waals surface area contributed by atoms with Crippen LogP contribution < -0.4 is 0 Å². The summed E-state index contributed by atoms with van der Waals surface area (Å²) in [6.45, 7) is 21.1. The second kappa shape index (κ2) is 6.54. The highest BCUT2D eigenvalue weighted by Crippen LogP contribution is 2.76. The summed E-state index contributed by atoms with van der Waals surface area (Å²) in [6, 6.07) is 0. The van der Waals surface area contributed by atoms with Crippen molar-refractivity contribution in [2.45, 2.75) is 99.8 Å². The molecule has 0 aliphatic heterocycles. The molecule has 0 aromatic carbocycles. The Morgan fingerprint density at radius 1 is 0.906 bits per heavy atom. The van der Waals surface area contributed by atoms with Crippen molar-refractivity contribution in [3.05, 3.63) is 24.0 Å². The van der Waals surface area contributed by atoms with E-state index in [0.29, 0.717) is 28.6 Å². The topological polar surface area (TPSA) is 37.3 Å². The molecular weight excluding hydrogens is 392 g/mol. The fourth-order valence-electron chi connectivity index (χ4n) is 11.0. The van der Waals surface area contributed by atoms with Crippen LogP contribution >= 0.6 is 0 Å². The molecule has 4 fully saturated rings. The van der Waals surface area contributed by atoms with Gasteiger partial charge >= 0.3 is 0 Å². The molecule has 0 bridgehead atoms. The first kappa shape index (κ1) is 22.7. The first-order valence-corrected chi connectivity index (χ1v) is 13.3. The summed E-state index contributed by atoms with van der Waals surface area (Å²) in [7, 11) is 0.